The topological polar surface area (TPSA) is 76.9 Å². The molecule has 4 rings (SSSR count). The molecular formula is C26H24F2N4O2. The fourth-order valence-electron chi connectivity index (χ4n) is 3.68. The molecule has 8 heteroatoms. The Bertz CT molecular complexity index is 1400. The third kappa shape index (κ3) is 4.85. The maximum Gasteiger partial charge on any atom is 0.265 e. The van der Waals surface area contributed by atoms with E-state index in [9.17, 15) is 18.4 Å². The number of pyridine rings is 3. The normalized spacial score (nSPS) is 12.2. The summed E-state index contributed by atoms with van der Waals surface area (Å²) in [6.45, 7) is 5.84. The smallest absolute Gasteiger partial charge is 0.265 e. The number of aromatic nitrogens is 3. The van der Waals surface area contributed by atoms with E-state index < -0.39 is 23.3 Å². The van der Waals surface area contributed by atoms with Gasteiger partial charge < -0.3 is 5.32 Å². The Hall–Kier alpha value is -3.94. The highest BCUT2D eigenvalue weighted by Crippen LogP contribution is 2.20. The molecule has 4 aromatic rings. The first kappa shape index (κ1) is 23.2. The summed E-state index contributed by atoms with van der Waals surface area (Å²) < 4.78 is 27.9. The van der Waals surface area contributed by atoms with Crippen molar-refractivity contribution in [3.05, 3.63) is 105 Å². The molecule has 1 amide bonds. The fourth-order valence-corrected chi connectivity index (χ4v) is 3.68. The number of carbonyl (C=O) groups excluding carboxylic acids is 1. The van der Waals surface area contributed by atoms with E-state index >= 15 is 0 Å². The third-order valence-corrected chi connectivity index (χ3v) is 5.68. The monoisotopic (exact) mass is 462 g/mol. The van der Waals surface area contributed by atoms with Gasteiger partial charge in [0.05, 0.1) is 24.5 Å². The Morgan fingerprint density at radius 1 is 0.941 bits per heavy atom. The van der Waals surface area contributed by atoms with Crippen LogP contribution in [0.1, 0.15) is 59.9 Å². The van der Waals surface area contributed by atoms with Crippen molar-refractivity contribution in [1.82, 2.24) is 19.9 Å². The minimum Gasteiger partial charge on any atom is -0.345 e. The van der Waals surface area contributed by atoms with E-state index in [2.05, 4.69) is 15.3 Å². The van der Waals surface area contributed by atoms with Crippen LogP contribution in [0.15, 0.2) is 65.7 Å². The van der Waals surface area contributed by atoms with Crippen molar-refractivity contribution < 1.29 is 13.6 Å². The number of halogens is 2. The summed E-state index contributed by atoms with van der Waals surface area (Å²) in [4.78, 5) is 35.1. The van der Waals surface area contributed by atoms with Crippen LogP contribution < -0.4 is 10.9 Å². The van der Waals surface area contributed by atoms with E-state index in [4.69, 9.17) is 0 Å². The summed E-state index contributed by atoms with van der Waals surface area (Å²) in [5.41, 5.74) is 1.94. The zero-order valence-electron chi connectivity index (χ0n) is 19.0. The van der Waals surface area contributed by atoms with Gasteiger partial charge in [0.2, 0.25) is 0 Å². The van der Waals surface area contributed by atoms with Crippen molar-refractivity contribution in [3.8, 4) is 0 Å². The molecule has 34 heavy (non-hydrogen) atoms. The molecular weight excluding hydrogens is 438 g/mol. The maximum absolute atomic E-state index is 13.4. The van der Waals surface area contributed by atoms with Gasteiger partial charge in [-0.3, -0.25) is 19.1 Å². The number of nitrogens with zero attached hydrogens (tertiary/aromatic N) is 3. The van der Waals surface area contributed by atoms with Crippen LogP contribution in [0, 0.1) is 11.6 Å². The van der Waals surface area contributed by atoms with Crippen molar-refractivity contribution in [2.24, 2.45) is 0 Å². The van der Waals surface area contributed by atoms with Crippen LogP contribution in [0.3, 0.4) is 0 Å². The van der Waals surface area contributed by atoms with E-state index in [1.807, 2.05) is 19.9 Å². The molecule has 0 radical (unpaired) electrons. The number of fused-ring (bicyclic) bond motifs is 1. The van der Waals surface area contributed by atoms with E-state index in [1.165, 1.54) is 34.9 Å². The molecule has 1 aromatic carbocycles. The summed E-state index contributed by atoms with van der Waals surface area (Å²) in [5.74, 6) is -1.21. The van der Waals surface area contributed by atoms with Crippen molar-refractivity contribution in [1.29, 1.82) is 0 Å². The Balaban J connectivity index is 1.77. The van der Waals surface area contributed by atoms with Gasteiger partial charge in [0, 0.05) is 11.6 Å². The first-order valence-corrected chi connectivity index (χ1v) is 10.9. The summed E-state index contributed by atoms with van der Waals surface area (Å²) in [7, 11) is 0. The van der Waals surface area contributed by atoms with Gasteiger partial charge in [0.15, 0.2) is 0 Å². The lowest BCUT2D eigenvalue weighted by Crippen LogP contribution is -2.35. The predicted octanol–water partition coefficient (Wildman–Crippen LogP) is 4.73. The van der Waals surface area contributed by atoms with Crippen molar-refractivity contribution in [2.45, 2.75) is 39.3 Å². The Labute approximate surface area is 195 Å². The number of amides is 1. The van der Waals surface area contributed by atoms with Crippen molar-refractivity contribution >= 4 is 16.9 Å². The molecule has 1 N–H and O–H groups in total. The van der Waals surface area contributed by atoms with E-state index in [-0.39, 0.29) is 23.8 Å². The molecule has 0 saturated heterocycles. The molecule has 0 aliphatic rings. The first-order valence-electron chi connectivity index (χ1n) is 10.9. The second-order valence-electron chi connectivity index (χ2n) is 8.50. The highest BCUT2D eigenvalue weighted by molar-refractivity contribution is 5.97. The van der Waals surface area contributed by atoms with Gasteiger partial charge in [-0.2, -0.15) is 0 Å². The third-order valence-electron chi connectivity index (χ3n) is 5.68. The van der Waals surface area contributed by atoms with Gasteiger partial charge in [-0.05, 0) is 60.4 Å². The molecule has 0 saturated carbocycles. The van der Waals surface area contributed by atoms with Gasteiger partial charge >= 0.3 is 0 Å². The van der Waals surface area contributed by atoms with Gasteiger partial charge in [0.1, 0.15) is 22.8 Å². The second-order valence-corrected chi connectivity index (χ2v) is 8.50. The summed E-state index contributed by atoms with van der Waals surface area (Å²) >= 11 is 0. The van der Waals surface area contributed by atoms with Gasteiger partial charge in [-0.15, -0.1) is 0 Å². The summed E-state index contributed by atoms with van der Waals surface area (Å²) in [5, 5.41) is 3.44. The standard InChI is InChI=1S/C26H24F2N4O2/c1-15(2)19-10-18-11-23(25(33)31-16(3)17-4-6-20(27)7-5-17)26(34)32(24(18)30-12-19)14-22-9-8-21(28)13-29-22/h4-13,15-16H,14H2,1-3H3,(H,31,33)/t16-/m1/s1. The van der Waals surface area contributed by atoms with Crippen LogP contribution in [-0.2, 0) is 6.54 Å². The van der Waals surface area contributed by atoms with Crippen LogP contribution in [0.4, 0.5) is 8.78 Å². The Morgan fingerprint density at radius 2 is 1.65 bits per heavy atom. The van der Waals surface area contributed by atoms with Gasteiger partial charge in [0.25, 0.3) is 11.5 Å². The average molecular weight is 463 g/mol. The van der Waals surface area contributed by atoms with Crippen LogP contribution in [0.2, 0.25) is 0 Å². The number of nitrogens with one attached hydrogen (secondary N) is 1. The first-order chi connectivity index (χ1) is 16.2. The molecule has 1 atom stereocenters. The Kier molecular flexibility index (Phi) is 6.49. The maximum atomic E-state index is 13.4. The van der Waals surface area contributed by atoms with Crippen LogP contribution in [0.5, 0.6) is 0 Å². The lowest BCUT2D eigenvalue weighted by atomic mass is 10.0. The second kappa shape index (κ2) is 9.51. The highest BCUT2D eigenvalue weighted by Gasteiger charge is 2.20. The van der Waals surface area contributed by atoms with Gasteiger partial charge in [-0.25, -0.2) is 13.8 Å². The predicted molar refractivity (Wildman–Crippen MR) is 126 cm³/mol. The number of rotatable bonds is 6. The minimum absolute atomic E-state index is 0.0261. The SMILES string of the molecule is CC(C)c1cnc2c(c1)cc(C(=O)N[C@H](C)c1ccc(F)cc1)c(=O)n2Cc1ccc(F)cn1. The minimum atomic E-state index is -0.556. The number of hydrogen-bond acceptors (Lipinski definition) is 4. The molecule has 0 aliphatic heterocycles. The van der Waals surface area contributed by atoms with E-state index in [1.54, 1.807) is 25.3 Å². The van der Waals surface area contributed by atoms with Crippen LogP contribution in [-0.4, -0.2) is 20.4 Å². The van der Waals surface area contributed by atoms with E-state index in [0.717, 1.165) is 11.8 Å². The molecule has 3 aromatic heterocycles. The molecule has 0 aliphatic carbocycles. The zero-order chi connectivity index (χ0) is 24.4. The van der Waals surface area contributed by atoms with Crippen molar-refractivity contribution in [3.63, 3.8) is 0 Å². The average Bonchev–Trinajstić information content (AvgIpc) is 2.81. The molecule has 3 heterocycles. The highest BCUT2D eigenvalue weighted by atomic mass is 19.1. The molecule has 0 spiro atoms. The number of benzene rings is 1. The van der Waals surface area contributed by atoms with Crippen LogP contribution in [0.25, 0.3) is 11.0 Å². The van der Waals surface area contributed by atoms with E-state index in [0.29, 0.717) is 22.3 Å². The van der Waals surface area contributed by atoms with Crippen LogP contribution >= 0.6 is 0 Å². The molecule has 174 valence electrons. The van der Waals surface area contributed by atoms with Gasteiger partial charge in [-0.1, -0.05) is 26.0 Å². The summed E-state index contributed by atoms with van der Waals surface area (Å²) in [6.07, 6.45) is 2.78. The molecule has 6 nitrogen and oxygen atoms in total. The lowest BCUT2D eigenvalue weighted by molar-refractivity contribution is 0.0938. The quantitative estimate of drug-likeness (QED) is 0.449. The fraction of sp³-hybridized carbons (Fsp3) is 0.231. The number of hydrogen-bond donors (Lipinski definition) is 1. The molecule has 0 fully saturated rings. The molecule has 0 unspecified atom stereocenters. The largest absolute Gasteiger partial charge is 0.345 e. The number of carbonyl (C=O) groups is 1. The summed E-state index contributed by atoms with van der Waals surface area (Å²) in [6, 6.07) is 11.5. The zero-order valence-corrected chi connectivity index (χ0v) is 19.0. The Morgan fingerprint density at radius 3 is 2.29 bits per heavy atom. The lowest BCUT2D eigenvalue weighted by Gasteiger charge is -2.16. The van der Waals surface area contributed by atoms with Crippen molar-refractivity contribution in [2.75, 3.05) is 0 Å². The molecule has 0 bridgehead atoms.